The standard InChI is InChI=1S/C12H9ClO3/c1-15-12(14)11-7-16-6-10(11)8-3-2-4-9(13)5-8/h2-7H,1H3. The summed E-state index contributed by atoms with van der Waals surface area (Å²) in [5.41, 5.74) is 1.89. The third-order valence-electron chi connectivity index (χ3n) is 2.20. The molecule has 0 aliphatic carbocycles. The van der Waals surface area contributed by atoms with Crippen LogP contribution in [0.4, 0.5) is 0 Å². The number of carbonyl (C=O) groups excluding carboxylic acids is 1. The highest BCUT2D eigenvalue weighted by atomic mass is 35.5. The highest BCUT2D eigenvalue weighted by Gasteiger charge is 2.15. The summed E-state index contributed by atoms with van der Waals surface area (Å²) in [7, 11) is 1.33. The lowest BCUT2D eigenvalue weighted by Crippen LogP contribution is -2.00. The SMILES string of the molecule is COC(=O)c1cocc1-c1cccc(Cl)c1. The molecule has 0 saturated heterocycles. The Kier molecular flexibility index (Phi) is 2.97. The van der Waals surface area contributed by atoms with Crippen LogP contribution in [-0.4, -0.2) is 13.1 Å². The van der Waals surface area contributed by atoms with Gasteiger partial charge >= 0.3 is 5.97 Å². The fourth-order valence-corrected chi connectivity index (χ4v) is 1.63. The highest BCUT2D eigenvalue weighted by Crippen LogP contribution is 2.27. The van der Waals surface area contributed by atoms with Crippen LogP contribution in [0.1, 0.15) is 10.4 Å². The Hall–Kier alpha value is -1.74. The van der Waals surface area contributed by atoms with Crippen molar-refractivity contribution in [1.29, 1.82) is 0 Å². The van der Waals surface area contributed by atoms with E-state index in [-0.39, 0.29) is 0 Å². The summed E-state index contributed by atoms with van der Waals surface area (Å²) in [6.45, 7) is 0. The van der Waals surface area contributed by atoms with Gasteiger partial charge in [-0.05, 0) is 17.7 Å². The van der Waals surface area contributed by atoms with Gasteiger partial charge in [-0.15, -0.1) is 0 Å². The first-order valence-corrected chi connectivity index (χ1v) is 5.00. The summed E-state index contributed by atoms with van der Waals surface area (Å²) in [6, 6.07) is 7.19. The van der Waals surface area contributed by atoms with Crippen LogP contribution < -0.4 is 0 Å². The first-order chi connectivity index (χ1) is 7.72. The number of ether oxygens (including phenoxy) is 1. The molecule has 2 rings (SSSR count). The molecule has 0 atom stereocenters. The van der Waals surface area contributed by atoms with Crippen LogP contribution in [0.25, 0.3) is 11.1 Å². The van der Waals surface area contributed by atoms with Gasteiger partial charge in [-0.3, -0.25) is 0 Å². The van der Waals surface area contributed by atoms with Crippen LogP contribution in [0.3, 0.4) is 0 Å². The van der Waals surface area contributed by atoms with Crippen LogP contribution in [0.15, 0.2) is 41.2 Å². The molecule has 0 spiro atoms. The molecular formula is C12H9ClO3. The van der Waals surface area contributed by atoms with Gasteiger partial charge in [0.15, 0.2) is 0 Å². The second kappa shape index (κ2) is 4.41. The Balaban J connectivity index is 2.48. The van der Waals surface area contributed by atoms with E-state index in [2.05, 4.69) is 4.74 Å². The predicted octanol–water partition coefficient (Wildman–Crippen LogP) is 3.39. The molecule has 0 unspecified atom stereocenters. The Bertz CT molecular complexity index is 516. The van der Waals surface area contributed by atoms with Crippen LogP contribution in [0.2, 0.25) is 5.02 Å². The zero-order valence-corrected chi connectivity index (χ0v) is 9.32. The van der Waals surface area contributed by atoms with E-state index in [4.69, 9.17) is 16.0 Å². The number of hydrogen-bond acceptors (Lipinski definition) is 3. The quantitative estimate of drug-likeness (QED) is 0.751. The number of esters is 1. The van der Waals surface area contributed by atoms with Crippen LogP contribution in [0.5, 0.6) is 0 Å². The molecule has 3 nitrogen and oxygen atoms in total. The smallest absolute Gasteiger partial charge is 0.341 e. The molecule has 16 heavy (non-hydrogen) atoms. The fourth-order valence-electron chi connectivity index (χ4n) is 1.44. The van der Waals surface area contributed by atoms with Crippen LogP contribution in [0, 0.1) is 0 Å². The fraction of sp³-hybridized carbons (Fsp3) is 0.0833. The zero-order valence-electron chi connectivity index (χ0n) is 8.57. The maximum absolute atomic E-state index is 11.4. The minimum atomic E-state index is -0.427. The zero-order chi connectivity index (χ0) is 11.5. The van der Waals surface area contributed by atoms with E-state index in [0.29, 0.717) is 16.1 Å². The van der Waals surface area contributed by atoms with E-state index in [0.717, 1.165) is 5.56 Å². The van der Waals surface area contributed by atoms with E-state index >= 15 is 0 Å². The number of rotatable bonds is 2. The Morgan fingerprint density at radius 3 is 2.88 bits per heavy atom. The summed E-state index contributed by atoms with van der Waals surface area (Å²) < 4.78 is 9.67. The summed E-state index contributed by atoms with van der Waals surface area (Å²) >= 11 is 5.88. The van der Waals surface area contributed by atoms with Gasteiger partial charge in [0, 0.05) is 10.6 Å². The third kappa shape index (κ3) is 1.95. The molecule has 0 aliphatic rings. The number of hydrogen-bond donors (Lipinski definition) is 0. The molecule has 4 heteroatoms. The summed E-state index contributed by atoms with van der Waals surface area (Å²) in [5, 5.41) is 0.606. The van der Waals surface area contributed by atoms with E-state index in [1.165, 1.54) is 19.6 Å². The van der Waals surface area contributed by atoms with Crippen LogP contribution >= 0.6 is 11.6 Å². The largest absolute Gasteiger partial charge is 0.471 e. The molecule has 0 aliphatic heterocycles. The molecular weight excluding hydrogens is 228 g/mol. The number of furan rings is 1. The van der Waals surface area contributed by atoms with Crippen molar-refractivity contribution >= 4 is 17.6 Å². The third-order valence-corrected chi connectivity index (χ3v) is 2.44. The first kappa shape index (κ1) is 10.8. The summed E-state index contributed by atoms with van der Waals surface area (Å²) in [5.74, 6) is -0.427. The van der Waals surface area contributed by atoms with Crippen molar-refractivity contribution in [2.45, 2.75) is 0 Å². The Labute approximate surface area is 97.6 Å². The van der Waals surface area contributed by atoms with E-state index < -0.39 is 5.97 Å². The number of benzene rings is 1. The van der Waals surface area contributed by atoms with Gasteiger partial charge in [0.25, 0.3) is 0 Å². The van der Waals surface area contributed by atoms with Crippen molar-refractivity contribution in [3.05, 3.63) is 47.4 Å². The minimum absolute atomic E-state index is 0.393. The summed E-state index contributed by atoms with van der Waals surface area (Å²) in [4.78, 5) is 11.4. The molecule has 82 valence electrons. The van der Waals surface area contributed by atoms with Crippen molar-refractivity contribution in [3.63, 3.8) is 0 Å². The van der Waals surface area contributed by atoms with Gasteiger partial charge in [0.05, 0.1) is 13.4 Å². The molecule has 0 fully saturated rings. The predicted molar refractivity (Wildman–Crippen MR) is 60.5 cm³/mol. The van der Waals surface area contributed by atoms with E-state index in [1.807, 2.05) is 12.1 Å². The highest BCUT2D eigenvalue weighted by molar-refractivity contribution is 6.30. The lowest BCUT2D eigenvalue weighted by molar-refractivity contribution is 0.0600. The Morgan fingerprint density at radius 2 is 2.19 bits per heavy atom. The number of halogens is 1. The van der Waals surface area contributed by atoms with Crippen molar-refractivity contribution in [1.82, 2.24) is 0 Å². The van der Waals surface area contributed by atoms with E-state index in [1.54, 1.807) is 12.1 Å². The lowest BCUT2D eigenvalue weighted by Gasteiger charge is -2.01. The molecule has 0 saturated carbocycles. The monoisotopic (exact) mass is 236 g/mol. The van der Waals surface area contributed by atoms with Crippen molar-refractivity contribution in [2.24, 2.45) is 0 Å². The van der Waals surface area contributed by atoms with Crippen molar-refractivity contribution in [3.8, 4) is 11.1 Å². The van der Waals surface area contributed by atoms with Gasteiger partial charge in [0.2, 0.25) is 0 Å². The maximum atomic E-state index is 11.4. The minimum Gasteiger partial charge on any atom is -0.471 e. The van der Waals surface area contributed by atoms with Gasteiger partial charge in [0.1, 0.15) is 11.8 Å². The molecule has 1 heterocycles. The van der Waals surface area contributed by atoms with Gasteiger partial charge in [-0.25, -0.2) is 4.79 Å². The maximum Gasteiger partial charge on any atom is 0.341 e. The molecule has 0 N–H and O–H groups in total. The second-order valence-electron chi connectivity index (χ2n) is 3.20. The topological polar surface area (TPSA) is 39.4 Å². The molecule has 0 amide bonds. The second-order valence-corrected chi connectivity index (χ2v) is 3.64. The van der Waals surface area contributed by atoms with E-state index in [9.17, 15) is 4.79 Å². The number of carbonyl (C=O) groups is 1. The first-order valence-electron chi connectivity index (χ1n) is 4.63. The molecule has 0 bridgehead atoms. The molecule has 1 aromatic carbocycles. The van der Waals surface area contributed by atoms with Crippen molar-refractivity contribution < 1.29 is 13.9 Å². The molecule has 0 radical (unpaired) electrons. The van der Waals surface area contributed by atoms with Gasteiger partial charge in [-0.2, -0.15) is 0 Å². The number of methoxy groups -OCH3 is 1. The van der Waals surface area contributed by atoms with Gasteiger partial charge < -0.3 is 9.15 Å². The van der Waals surface area contributed by atoms with Crippen LogP contribution in [-0.2, 0) is 4.74 Å². The average Bonchev–Trinajstić information content (AvgIpc) is 2.77. The Morgan fingerprint density at radius 1 is 1.38 bits per heavy atom. The average molecular weight is 237 g/mol. The lowest BCUT2D eigenvalue weighted by atomic mass is 10.1. The normalized spacial score (nSPS) is 10.1. The molecule has 1 aromatic heterocycles. The summed E-state index contributed by atoms with van der Waals surface area (Å²) in [6.07, 6.45) is 2.86. The molecule has 2 aromatic rings. The van der Waals surface area contributed by atoms with Crippen molar-refractivity contribution in [2.75, 3.05) is 7.11 Å². The van der Waals surface area contributed by atoms with Gasteiger partial charge in [-0.1, -0.05) is 23.7 Å².